The molecule has 0 spiro atoms. The van der Waals surface area contributed by atoms with Crippen molar-refractivity contribution >= 4 is 15.7 Å². The van der Waals surface area contributed by atoms with Crippen molar-refractivity contribution in [3.8, 4) is 0 Å². The van der Waals surface area contributed by atoms with Gasteiger partial charge in [-0.3, -0.25) is 0 Å². The van der Waals surface area contributed by atoms with Crippen LogP contribution in [0.25, 0.3) is 0 Å². The normalized spacial score (nSPS) is 23.8. The molecule has 1 aliphatic heterocycles. The summed E-state index contributed by atoms with van der Waals surface area (Å²) in [5.41, 5.74) is 0.840. The third-order valence-corrected chi connectivity index (χ3v) is 5.28. The van der Waals surface area contributed by atoms with Crippen LogP contribution in [0.1, 0.15) is 19.8 Å². The topological polar surface area (TPSA) is 58.6 Å². The number of benzene rings is 1. The van der Waals surface area contributed by atoms with Crippen LogP contribution in [-0.2, 0) is 14.8 Å². The third kappa shape index (κ3) is 3.50. The monoisotopic (exact) mass is 298 g/mol. The number of hydrogen-bond donors (Lipinski definition) is 1. The highest BCUT2D eigenvalue weighted by Gasteiger charge is 2.21. The molecule has 2 unspecified atom stereocenters. The molecule has 2 rings (SSSR count). The lowest BCUT2D eigenvalue weighted by atomic mass is 10.0. The van der Waals surface area contributed by atoms with E-state index in [2.05, 4.69) is 12.2 Å². The van der Waals surface area contributed by atoms with Gasteiger partial charge < -0.3 is 10.1 Å². The maximum absolute atomic E-state index is 12.1. The molecular formula is C14H22N2O3S. The van der Waals surface area contributed by atoms with Gasteiger partial charge in [0.15, 0.2) is 0 Å². The molecule has 1 aliphatic rings. The zero-order valence-corrected chi connectivity index (χ0v) is 13.0. The van der Waals surface area contributed by atoms with Crippen LogP contribution in [0, 0.1) is 0 Å². The molecule has 0 saturated carbocycles. The van der Waals surface area contributed by atoms with Crippen LogP contribution in [-0.4, -0.2) is 45.6 Å². The summed E-state index contributed by atoms with van der Waals surface area (Å²) < 4.78 is 31.0. The standard InChI is InChI=1S/C14H22N2O3S/c1-11-9-13(7-8-19-11)15-12-5-4-6-14(10-12)20(17,18)16(2)3/h4-6,10-11,13,15H,7-9H2,1-3H3. The van der Waals surface area contributed by atoms with Gasteiger partial charge in [0.05, 0.1) is 11.0 Å². The molecule has 0 aromatic heterocycles. The van der Waals surface area contributed by atoms with Crippen LogP contribution in [0.5, 0.6) is 0 Å². The zero-order chi connectivity index (χ0) is 14.8. The zero-order valence-electron chi connectivity index (χ0n) is 12.2. The van der Waals surface area contributed by atoms with E-state index in [0.717, 1.165) is 25.1 Å². The Morgan fingerprint density at radius 1 is 1.35 bits per heavy atom. The molecule has 112 valence electrons. The smallest absolute Gasteiger partial charge is 0.242 e. The number of nitrogens with zero attached hydrogens (tertiary/aromatic N) is 1. The van der Waals surface area contributed by atoms with Crippen molar-refractivity contribution in [2.45, 2.75) is 36.8 Å². The molecule has 2 atom stereocenters. The summed E-state index contributed by atoms with van der Waals surface area (Å²) in [5, 5.41) is 3.40. The molecule has 20 heavy (non-hydrogen) atoms. The summed E-state index contributed by atoms with van der Waals surface area (Å²) in [6, 6.07) is 7.30. The van der Waals surface area contributed by atoms with Gasteiger partial charge >= 0.3 is 0 Å². The van der Waals surface area contributed by atoms with E-state index in [4.69, 9.17) is 4.74 Å². The third-order valence-electron chi connectivity index (χ3n) is 3.47. The van der Waals surface area contributed by atoms with Gasteiger partial charge in [-0.2, -0.15) is 0 Å². The first-order valence-electron chi connectivity index (χ1n) is 6.80. The summed E-state index contributed by atoms with van der Waals surface area (Å²) in [6.45, 7) is 2.80. The highest BCUT2D eigenvalue weighted by Crippen LogP contribution is 2.22. The minimum Gasteiger partial charge on any atom is -0.382 e. The van der Waals surface area contributed by atoms with Crippen molar-refractivity contribution in [3.63, 3.8) is 0 Å². The second-order valence-corrected chi connectivity index (χ2v) is 7.51. The first-order valence-corrected chi connectivity index (χ1v) is 8.24. The van der Waals surface area contributed by atoms with Gasteiger partial charge in [0.1, 0.15) is 0 Å². The molecule has 0 amide bonds. The van der Waals surface area contributed by atoms with Crippen molar-refractivity contribution in [1.82, 2.24) is 4.31 Å². The predicted molar refractivity (Wildman–Crippen MR) is 79.4 cm³/mol. The van der Waals surface area contributed by atoms with Gasteiger partial charge in [0, 0.05) is 32.4 Å². The molecule has 6 heteroatoms. The van der Waals surface area contributed by atoms with Gasteiger partial charge in [-0.25, -0.2) is 12.7 Å². The quantitative estimate of drug-likeness (QED) is 0.922. The maximum atomic E-state index is 12.1. The van der Waals surface area contributed by atoms with Crippen LogP contribution >= 0.6 is 0 Å². The number of sulfonamides is 1. The van der Waals surface area contributed by atoms with Crippen molar-refractivity contribution in [2.24, 2.45) is 0 Å². The van der Waals surface area contributed by atoms with Crippen molar-refractivity contribution in [3.05, 3.63) is 24.3 Å². The first-order chi connectivity index (χ1) is 9.39. The summed E-state index contributed by atoms with van der Waals surface area (Å²) in [7, 11) is -0.308. The molecule has 1 N–H and O–H groups in total. The number of rotatable bonds is 4. The summed E-state index contributed by atoms with van der Waals surface area (Å²) >= 11 is 0. The van der Waals surface area contributed by atoms with E-state index in [1.807, 2.05) is 6.07 Å². The lowest BCUT2D eigenvalue weighted by Crippen LogP contribution is -2.32. The Labute approximate surface area is 121 Å². The number of ether oxygens (including phenoxy) is 1. The fourth-order valence-electron chi connectivity index (χ4n) is 2.32. The minimum absolute atomic E-state index is 0.245. The van der Waals surface area contributed by atoms with E-state index in [1.54, 1.807) is 18.2 Å². The van der Waals surface area contributed by atoms with E-state index in [9.17, 15) is 8.42 Å². The van der Waals surface area contributed by atoms with E-state index in [1.165, 1.54) is 18.4 Å². The lowest BCUT2D eigenvalue weighted by molar-refractivity contribution is 0.0232. The molecule has 0 aliphatic carbocycles. The van der Waals surface area contributed by atoms with E-state index in [-0.39, 0.29) is 6.10 Å². The van der Waals surface area contributed by atoms with Gasteiger partial charge in [0.25, 0.3) is 0 Å². The Morgan fingerprint density at radius 3 is 2.75 bits per heavy atom. The second kappa shape index (κ2) is 6.11. The van der Waals surface area contributed by atoms with E-state index < -0.39 is 10.0 Å². The van der Waals surface area contributed by atoms with E-state index in [0.29, 0.717) is 10.9 Å². The van der Waals surface area contributed by atoms with Crippen LogP contribution in [0.15, 0.2) is 29.2 Å². The number of hydrogen-bond acceptors (Lipinski definition) is 4. The number of nitrogens with one attached hydrogen (secondary N) is 1. The molecule has 0 bridgehead atoms. The fraction of sp³-hybridized carbons (Fsp3) is 0.571. The first kappa shape index (κ1) is 15.3. The Morgan fingerprint density at radius 2 is 2.10 bits per heavy atom. The van der Waals surface area contributed by atoms with Crippen molar-refractivity contribution in [2.75, 3.05) is 26.0 Å². The lowest BCUT2D eigenvalue weighted by Gasteiger charge is -2.28. The Hall–Kier alpha value is -1.11. The maximum Gasteiger partial charge on any atom is 0.242 e. The Bertz CT molecular complexity index is 557. The molecule has 1 fully saturated rings. The molecule has 1 aromatic rings. The molecule has 1 heterocycles. The molecule has 5 nitrogen and oxygen atoms in total. The van der Waals surface area contributed by atoms with Gasteiger partial charge in [-0.1, -0.05) is 6.07 Å². The minimum atomic E-state index is -3.38. The predicted octanol–water partition coefficient (Wildman–Crippen LogP) is 1.92. The average Bonchev–Trinajstić information content (AvgIpc) is 2.39. The Balaban J connectivity index is 2.14. The van der Waals surface area contributed by atoms with Crippen LogP contribution < -0.4 is 5.32 Å². The van der Waals surface area contributed by atoms with Crippen molar-refractivity contribution in [1.29, 1.82) is 0 Å². The number of anilines is 1. The van der Waals surface area contributed by atoms with E-state index >= 15 is 0 Å². The molecule has 1 aromatic carbocycles. The molecular weight excluding hydrogens is 276 g/mol. The fourth-order valence-corrected chi connectivity index (χ4v) is 3.27. The summed E-state index contributed by atoms with van der Waals surface area (Å²) in [5.74, 6) is 0. The van der Waals surface area contributed by atoms with Gasteiger partial charge in [-0.15, -0.1) is 0 Å². The SMILES string of the molecule is CC1CC(Nc2cccc(S(=O)(=O)N(C)C)c2)CCO1. The molecule has 0 radical (unpaired) electrons. The van der Waals surface area contributed by atoms with Crippen molar-refractivity contribution < 1.29 is 13.2 Å². The summed E-state index contributed by atoms with van der Waals surface area (Å²) in [4.78, 5) is 0.313. The van der Waals surface area contributed by atoms with Gasteiger partial charge in [0.2, 0.25) is 10.0 Å². The highest BCUT2D eigenvalue weighted by atomic mass is 32.2. The van der Waals surface area contributed by atoms with Crippen LogP contribution in [0.2, 0.25) is 0 Å². The highest BCUT2D eigenvalue weighted by molar-refractivity contribution is 7.89. The second-order valence-electron chi connectivity index (χ2n) is 5.36. The van der Waals surface area contributed by atoms with Gasteiger partial charge in [-0.05, 0) is 38.0 Å². The largest absolute Gasteiger partial charge is 0.382 e. The summed E-state index contributed by atoms with van der Waals surface area (Å²) in [6.07, 6.45) is 2.12. The van der Waals surface area contributed by atoms with Crippen LogP contribution in [0.4, 0.5) is 5.69 Å². The Kier molecular flexibility index (Phi) is 4.67. The average molecular weight is 298 g/mol. The van der Waals surface area contributed by atoms with Crippen LogP contribution in [0.3, 0.4) is 0 Å². The molecule has 1 saturated heterocycles.